The van der Waals surface area contributed by atoms with Crippen molar-refractivity contribution in [2.24, 2.45) is 0 Å². The summed E-state index contributed by atoms with van der Waals surface area (Å²) in [6.45, 7) is 2.30. The predicted octanol–water partition coefficient (Wildman–Crippen LogP) is 3.38. The lowest BCUT2D eigenvalue weighted by Gasteiger charge is -2.47. The van der Waals surface area contributed by atoms with Gasteiger partial charge >= 0.3 is 0 Å². The molecule has 1 atom stereocenters. The van der Waals surface area contributed by atoms with Crippen LogP contribution in [-0.4, -0.2) is 31.2 Å². The van der Waals surface area contributed by atoms with Gasteiger partial charge in [0.15, 0.2) is 5.78 Å². The third-order valence-electron chi connectivity index (χ3n) is 4.57. The van der Waals surface area contributed by atoms with Crippen LogP contribution in [0.2, 0.25) is 0 Å². The van der Waals surface area contributed by atoms with Crippen molar-refractivity contribution in [1.29, 1.82) is 0 Å². The van der Waals surface area contributed by atoms with Gasteiger partial charge in [-0.15, -0.1) is 0 Å². The van der Waals surface area contributed by atoms with E-state index in [9.17, 15) is 4.79 Å². The highest BCUT2D eigenvalue weighted by molar-refractivity contribution is 5.97. The number of carbonyl (C=O) groups excluding carboxylic acids is 1. The summed E-state index contributed by atoms with van der Waals surface area (Å²) in [5.74, 6) is 1.35. The van der Waals surface area contributed by atoms with Crippen LogP contribution in [0.3, 0.4) is 0 Å². The minimum Gasteiger partial charge on any atom is -0.497 e. The van der Waals surface area contributed by atoms with Crippen LogP contribution in [0.5, 0.6) is 11.5 Å². The molecule has 1 aliphatic carbocycles. The fraction of sp³-hybridized carbons (Fsp3) is 0.588. The SMILES string of the molecule is COc1ccc(C(C)=O)c(OC2CCOC3(CCC3)C2)c1. The first kappa shape index (κ1) is 14.4. The summed E-state index contributed by atoms with van der Waals surface area (Å²) in [7, 11) is 1.62. The van der Waals surface area contributed by atoms with Crippen molar-refractivity contribution in [2.45, 2.75) is 50.7 Å². The second-order valence-corrected chi connectivity index (χ2v) is 6.04. The van der Waals surface area contributed by atoms with E-state index in [4.69, 9.17) is 14.2 Å². The number of benzene rings is 1. The van der Waals surface area contributed by atoms with Gasteiger partial charge in [-0.3, -0.25) is 4.79 Å². The summed E-state index contributed by atoms with van der Waals surface area (Å²) in [4.78, 5) is 11.8. The highest BCUT2D eigenvalue weighted by Gasteiger charge is 2.43. The van der Waals surface area contributed by atoms with Gasteiger partial charge < -0.3 is 14.2 Å². The Bertz CT molecular complexity index is 534. The van der Waals surface area contributed by atoms with Crippen LogP contribution in [0, 0.1) is 0 Å². The maximum absolute atomic E-state index is 11.8. The Morgan fingerprint density at radius 1 is 1.38 bits per heavy atom. The second-order valence-electron chi connectivity index (χ2n) is 6.04. The van der Waals surface area contributed by atoms with Crippen molar-refractivity contribution in [3.8, 4) is 11.5 Å². The first-order valence-corrected chi connectivity index (χ1v) is 7.61. The number of carbonyl (C=O) groups is 1. The quantitative estimate of drug-likeness (QED) is 0.797. The summed E-state index contributed by atoms with van der Waals surface area (Å²) < 4.78 is 17.3. The van der Waals surface area contributed by atoms with Gasteiger partial charge in [0, 0.05) is 18.9 Å². The molecule has 4 heteroatoms. The van der Waals surface area contributed by atoms with E-state index in [0.29, 0.717) is 17.1 Å². The van der Waals surface area contributed by atoms with E-state index in [0.717, 1.165) is 32.3 Å². The van der Waals surface area contributed by atoms with Gasteiger partial charge in [-0.2, -0.15) is 0 Å². The van der Waals surface area contributed by atoms with Gasteiger partial charge in [-0.1, -0.05) is 0 Å². The van der Waals surface area contributed by atoms with Crippen LogP contribution in [0.4, 0.5) is 0 Å². The Morgan fingerprint density at radius 2 is 2.19 bits per heavy atom. The fourth-order valence-electron chi connectivity index (χ4n) is 3.20. The van der Waals surface area contributed by atoms with Crippen LogP contribution in [-0.2, 0) is 4.74 Å². The molecule has 0 N–H and O–H groups in total. The Hall–Kier alpha value is -1.55. The van der Waals surface area contributed by atoms with Crippen molar-refractivity contribution < 1.29 is 19.0 Å². The predicted molar refractivity (Wildman–Crippen MR) is 79.2 cm³/mol. The molecule has 1 aromatic rings. The Morgan fingerprint density at radius 3 is 2.81 bits per heavy atom. The average Bonchev–Trinajstić information content (AvgIpc) is 2.45. The van der Waals surface area contributed by atoms with Crippen molar-refractivity contribution in [1.82, 2.24) is 0 Å². The zero-order valence-corrected chi connectivity index (χ0v) is 12.7. The Labute approximate surface area is 125 Å². The first-order chi connectivity index (χ1) is 10.1. The lowest BCUT2D eigenvalue weighted by Crippen LogP contribution is -2.48. The monoisotopic (exact) mass is 290 g/mol. The van der Waals surface area contributed by atoms with Crippen molar-refractivity contribution >= 4 is 5.78 Å². The van der Waals surface area contributed by atoms with Crippen LogP contribution in [0.15, 0.2) is 18.2 Å². The molecule has 0 aromatic heterocycles. The molecular formula is C17H22O4. The molecule has 2 aliphatic rings. The van der Waals surface area contributed by atoms with Crippen molar-refractivity contribution in [3.63, 3.8) is 0 Å². The number of hydrogen-bond acceptors (Lipinski definition) is 4. The standard InChI is InChI=1S/C17H22O4/c1-12(18)15-5-4-13(19-2)10-16(15)21-14-6-9-20-17(11-14)7-3-8-17/h4-5,10,14H,3,6-9,11H2,1-2H3. The van der Waals surface area contributed by atoms with Gasteiger partial charge in [0.05, 0.1) is 24.9 Å². The average molecular weight is 290 g/mol. The highest BCUT2D eigenvalue weighted by atomic mass is 16.5. The molecule has 0 radical (unpaired) electrons. The van der Waals surface area contributed by atoms with Crippen molar-refractivity contribution in [3.05, 3.63) is 23.8 Å². The molecule has 21 heavy (non-hydrogen) atoms. The second kappa shape index (κ2) is 5.68. The number of Topliss-reactive ketones (excluding diaryl/α,β-unsaturated/α-hetero) is 1. The van der Waals surface area contributed by atoms with Gasteiger partial charge in [0.25, 0.3) is 0 Å². The van der Waals surface area contributed by atoms with E-state index < -0.39 is 0 Å². The molecular weight excluding hydrogens is 268 g/mol. The highest BCUT2D eigenvalue weighted by Crippen LogP contribution is 2.43. The van der Waals surface area contributed by atoms with E-state index >= 15 is 0 Å². The molecule has 114 valence electrons. The zero-order valence-electron chi connectivity index (χ0n) is 12.7. The molecule has 1 saturated carbocycles. The number of hydrogen-bond donors (Lipinski definition) is 0. The molecule has 4 nitrogen and oxygen atoms in total. The molecule has 2 fully saturated rings. The van der Waals surface area contributed by atoms with E-state index in [2.05, 4.69) is 0 Å². The normalized spacial score (nSPS) is 23.4. The molecule has 3 rings (SSSR count). The van der Waals surface area contributed by atoms with E-state index in [-0.39, 0.29) is 17.5 Å². The summed E-state index contributed by atoms with van der Waals surface area (Å²) >= 11 is 0. The number of ether oxygens (including phenoxy) is 3. The summed E-state index contributed by atoms with van der Waals surface area (Å²) in [6.07, 6.45) is 5.40. The molecule has 0 bridgehead atoms. The molecule has 1 spiro atoms. The zero-order chi connectivity index (χ0) is 14.9. The molecule has 1 saturated heterocycles. The number of rotatable bonds is 4. The van der Waals surface area contributed by atoms with E-state index in [1.165, 1.54) is 6.42 Å². The minimum atomic E-state index is 0.0121. The topological polar surface area (TPSA) is 44.8 Å². The van der Waals surface area contributed by atoms with Gasteiger partial charge in [-0.05, 0) is 38.3 Å². The van der Waals surface area contributed by atoms with Crippen LogP contribution in [0.25, 0.3) is 0 Å². The number of ketones is 1. The third-order valence-corrected chi connectivity index (χ3v) is 4.57. The molecule has 1 aromatic carbocycles. The van der Waals surface area contributed by atoms with Gasteiger partial charge in [-0.25, -0.2) is 0 Å². The maximum Gasteiger partial charge on any atom is 0.163 e. The van der Waals surface area contributed by atoms with Gasteiger partial charge in [0.2, 0.25) is 0 Å². The van der Waals surface area contributed by atoms with E-state index in [1.807, 2.05) is 0 Å². The van der Waals surface area contributed by atoms with E-state index in [1.54, 1.807) is 32.2 Å². The molecule has 1 aliphatic heterocycles. The van der Waals surface area contributed by atoms with Crippen LogP contribution in [0.1, 0.15) is 49.4 Å². The third kappa shape index (κ3) is 2.91. The van der Waals surface area contributed by atoms with Crippen LogP contribution < -0.4 is 9.47 Å². The summed E-state index contributed by atoms with van der Waals surface area (Å²) in [5, 5.41) is 0. The smallest absolute Gasteiger partial charge is 0.163 e. The Kier molecular flexibility index (Phi) is 3.89. The number of methoxy groups -OCH3 is 1. The fourth-order valence-corrected chi connectivity index (χ4v) is 3.20. The molecule has 0 amide bonds. The Balaban J connectivity index is 1.78. The lowest BCUT2D eigenvalue weighted by atomic mass is 9.74. The summed E-state index contributed by atoms with van der Waals surface area (Å²) in [5.41, 5.74) is 0.656. The lowest BCUT2D eigenvalue weighted by molar-refractivity contribution is -0.153. The largest absolute Gasteiger partial charge is 0.497 e. The van der Waals surface area contributed by atoms with Crippen LogP contribution >= 0.6 is 0 Å². The molecule has 1 heterocycles. The molecule has 1 unspecified atom stereocenters. The summed E-state index contributed by atoms with van der Waals surface area (Å²) in [6, 6.07) is 5.37. The maximum atomic E-state index is 11.8. The van der Waals surface area contributed by atoms with Crippen molar-refractivity contribution in [2.75, 3.05) is 13.7 Å². The minimum absolute atomic E-state index is 0.0121. The first-order valence-electron chi connectivity index (χ1n) is 7.61. The van der Waals surface area contributed by atoms with Gasteiger partial charge in [0.1, 0.15) is 17.6 Å².